The Labute approximate surface area is 116 Å². The van der Waals surface area contributed by atoms with Crippen LogP contribution in [0.4, 0.5) is 0 Å². The maximum absolute atomic E-state index is 12.5. The molecule has 1 fully saturated rings. The van der Waals surface area contributed by atoms with Gasteiger partial charge in [-0.2, -0.15) is 0 Å². The molecule has 0 spiro atoms. The van der Waals surface area contributed by atoms with Crippen molar-refractivity contribution in [2.45, 2.75) is 13.0 Å². The van der Waals surface area contributed by atoms with Gasteiger partial charge < -0.3 is 15.3 Å². The molecule has 0 aliphatic carbocycles. The first-order chi connectivity index (χ1) is 9.65. The minimum Gasteiger partial charge on any atom is -0.384 e. The largest absolute Gasteiger partial charge is 0.384 e. The van der Waals surface area contributed by atoms with Gasteiger partial charge in [0.15, 0.2) is 0 Å². The SMILES string of the molecule is CC1C(=O)NCCN1C(=O)c1ccncc1C#CCO. The molecule has 1 atom stereocenters. The molecule has 2 rings (SSSR count). The van der Waals surface area contributed by atoms with Crippen molar-refractivity contribution in [1.29, 1.82) is 0 Å². The van der Waals surface area contributed by atoms with Crippen molar-refractivity contribution in [3.8, 4) is 11.8 Å². The zero-order valence-corrected chi connectivity index (χ0v) is 11.1. The van der Waals surface area contributed by atoms with Gasteiger partial charge in [-0.15, -0.1) is 0 Å². The highest BCUT2D eigenvalue weighted by atomic mass is 16.2. The summed E-state index contributed by atoms with van der Waals surface area (Å²) in [7, 11) is 0. The van der Waals surface area contributed by atoms with Crippen molar-refractivity contribution in [3.63, 3.8) is 0 Å². The van der Waals surface area contributed by atoms with E-state index in [2.05, 4.69) is 22.1 Å². The molecule has 0 aromatic carbocycles. The van der Waals surface area contributed by atoms with E-state index in [1.54, 1.807) is 13.0 Å². The fourth-order valence-corrected chi connectivity index (χ4v) is 2.03. The monoisotopic (exact) mass is 273 g/mol. The second-order valence-corrected chi connectivity index (χ2v) is 4.35. The van der Waals surface area contributed by atoms with Crippen LogP contribution in [0.5, 0.6) is 0 Å². The molecule has 0 bridgehead atoms. The molecule has 1 unspecified atom stereocenters. The van der Waals surface area contributed by atoms with Gasteiger partial charge in [0.05, 0.1) is 11.1 Å². The fraction of sp³-hybridized carbons (Fsp3) is 0.357. The Bertz CT molecular complexity index is 589. The van der Waals surface area contributed by atoms with E-state index in [0.717, 1.165) is 0 Å². The minimum atomic E-state index is -0.511. The van der Waals surface area contributed by atoms with Gasteiger partial charge in [0.1, 0.15) is 12.6 Å². The molecule has 20 heavy (non-hydrogen) atoms. The molecule has 1 aromatic heterocycles. The van der Waals surface area contributed by atoms with Gasteiger partial charge in [-0.1, -0.05) is 11.8 Å². The Morgan fingerprint density at radius 2 is 2.45 bits per heavy atom. The van der Waals surface area contributed by atoms with E-state index >= 15 is 0 Å². The quantitative estimate of drug-likeness (QED) is 0.668. The molecular formula is C14H15N3O3. The van der Waals surface area contributed by atoms with Crippen molar-refractivity contribution in [2.24, 2.45) is 0 Å². The number of rotatable bonds is 1. The third-order valence-electron chi connectivity index (χ3n) is 3.11. The van der Waals surface area contributed by atoms with Gasteiger partial charge in [0.2, 0.25) is 5.91 Å². The lowest BCUT2D eigenvalue weighted by Gasteiger charge is -2.33. The Kier molecular flexibility index (Phi) is 4.33. The average Bonchev–Trinajstić information content (AvgIpc) is 2.47. The minimum absolute atomic E-state index is 0.165. The summed E-state index contributed by atoms with van der Waals surface area (Å²) in [4.78, 5) is 29.6. The molecule has 0 radical (unpaired) electrons. The van der Waals surface area contributed by atoms with E-state index in [4.69, 9.17) is 5.11 Å². The molecule has 1 saturated heterocycles. The zero-order valence-electron chi connectivity index (χ0n) is 11.1. The Morgan fingerprint density at radius 1 is 1.65 bits per heavy atom. The number of piperazine rings is 1. The second-order valence-electron chi connectivity index (χ2n) is 4.35. The van der Waals surface area contributed by atoms with Crippen LogP contribution < -0.4 is 5.32 Å². The standard InChI is InChI=1S/C14H15N3O3/c1-10-13(19)16-6-7-17(10)14(20)12-4-5-15-9-11(12)3-2-8-18/h4-5,9-10,18H,6-8H2,1H3,(H,16,19). The fourth-order valence-electron chi connectivity index (χ4n) is 2.03. The van der Waals surface area contributed by atoms with Crippen LogP contribution in [0.3, 0.4) is 0 Å². The Balaban J connectivity index is 2.31. The maximum atomic E-state index is 12.5. The first-order valence-corrected chi connectivity index (χ1v) is 6.27. The summed E-state index contributed by atoms with van der Waals surface area (Å²) in [6, 6.07) is 1.06. The van der Waals surface area contributed by atoms with Crippen LogP contribution in [0.25, 0.3) is 0 Å². The van der Waals surface area contributed by atoms with Crippen LogP contribution in [-0.2, 0) is 4.79 Å². The topological polar surface area (TPSA) is 82.5 Å². The van der Waals surface area contributed by atoms with Gasteiger partial charge in [0.25, 0.3) is 5.91 Å². The Hall–Kier alpha value is -2.39. The van der Waals surface area contributed by atoms with Crippen LogP contribution in [-0.4, -0.2) is 52.5 Å². The van der Waals surface area contributed by atoms with E-state index < -0.39 is 6.04 Å². The maximum Gasteiger partial charge on any atom is 0.255 e. The molecule has 2 N–H and O–H groups in total. The van der Waals surface area contributed by atoms with Gasteiger partial charge in [-0.05, 0) is 13.0 Å². The van der Waals surface area contributed by atoms with Crippen LogP contribution in [0.15, 0.2) is 18.5 Å². The molecule has 0 saturated carbocycles. The highest BCUT2D eigenvalue weighted by molar-refractivity contribution is 5.99. The summed E-state index contributed by atoms with van der Waals surface area (Å²) in [5.74, 6) is 4.78. The summed E-state index contributed by atoms with van der Waals surface area (Å²) in [6.07, 6.45) is 2.98. The van der Waals surface area contributed by atoms with E-state index in [9.17, 15) is 9.59 Å². The first-order valence-electron chi connectivity index (χ1n) is 6.27. The van der Waals surface area contributed by atoms with Crippen molar-refractivity contribution < 1.29 is 14.7 Å². The zero-order chi connectivity index (χ0) is 14.5. The molecule has 2 amide bonds. The average molecular weight is 273 g/mol. The Morgan fingerprint density at radius 3 is 3.20 bits per heavy atom. The normalized spacial score (nSPS) is 18.0. The smallest absolute Gasteiger partial charge is 0.255 e. The highest BCUT2D eigenvalue weighted by Crippen LogP contribution is 2.13. The number of nitrogens with zero attached hydrogens (tertiary/aromatic N) is 2. The van der Waals surface area contributed by atoms with E-state index in [1.165, 1.54) is 17.3 Å². The second kappa shape index (κ2) is 6.17. The third-order valence-corrected chi connectivity index (χ3v) is 3.11. The van der Waals surface area contributed by atoms with E-state index in [1.807, 2.05) is 0 Å². The number of carbonyl (C=O) groups is 2. The number of aliphatic hydroxyl groups is 1. The number of carbonyl (C=O) groups excluding carboxylic acids is 2. The van der Waals surface area contributed by atoms with Gasteiger partial charge in [-0.25, -0.2) is 0 Å². The third kappa shape index (κ3) is 2.78. The van der Waals surface area contributed by atoms with Gasteiger partial charge >= 0.3 is 0 Å². The van der Waals surface area contributed by atoms with Crippen LogP contribution in [0.2, 0.25) is 0 Å². The predicted octanol–water partition coefficient (Wildman–Crippen LogP) is -0.614. The summed E-state index contributed by atoms with van der Waals surface area (Å²) >= 11 is 0. The molecule has 6 heteroatoms. The highest BCUT2D eigenvalue weighted by Gasteiger charge is 2.30. The summed E-state index contributed by atoms with van der Waals surface area (Å²) < 4.78 is 0. The van der Waals surface area contributed by atoms with Crippen LogP contribution >= 0.6 is 0 Å². The number of hydrogen-bond donors (Lipinski definition) is 2. The summed E-state index contributed by atoms with van der Waals surface area (Å²) in [5.41, 5.74) is 0.840. The first kappa shape index (κ1) is 14.0. The van der Waals surface area contributed by atoms with E-state index in [-0.39, 0.29) is 18.4 Å². The van der Waals surface area contributed by atoms with Gasteiger partial charge in [-0.3, -0.25) is 14.6 Å². The summed E-state index contributed by atoms with van der Waals surface area (Å²) in [6.45, 7) is 2.30. The van der Waals surface area contributed by atoms with Crippen molar-refractivity contribution in [2.75, 3.05) is 19.7 Å². The number of amides is 2. The summed E-state index contributed by atoms with van der Waals surface area (Å²) in [5, 5.41) is 11.5. The van der Waals surface area contributed by atoms with Crippen LogP contribution in [0.1, 0.15) is 22.8 Å². The molecule has 104 valence electrons. The lowest BCUT2D eigenvalue weighted by atomic mass is 10.1. The van der Waals surface area contributed by atoms with E-state index in [0.29, 0.717) is 24.2 Å². The van der Waals surface area contributed by atoms with Crippen LogP contribution in [0, 0.1) is 11.8 Å². The molecule has 2 heterocycles. The van der Waals surface area contributed by atoms with Crippen molar-refractivity contribution in [1.82, 2.24) is 15.2 Å². The molecule has 1 aliphatic rings. The van der Waals surface area contributed by atoms with Gasteiger partial charge in [0, 0.05) is 25.5 Å². The molecule has 1 aliphatic heterocycles. The van der Waals surface area contributed by atoms with Crippen molar-refractivity contribution >= 4 is 11.8 Å². The lowest BCUT2D eigenvalue weighted by Crippen LogP contribution is -2.55. The number of aromatic nitrogens is 1. The number of hydrogen-bond acceptors (Lipinski definition) is 4. The lowest BCUT2D eigenvalue weighted by molar-refractivity contribution is -0.127. The molecular weight excluding hydrogens is 258 g/mol. The number of pyridine rings is 1. The predicted molar refractivity (Wildman–Crippen MR) is 71.7 cm³/mol. The number of aliphatic hydroxyl groups excluding tert-OH is 1. The van der Waals surface area contributed by atoms with Crippen molar-refractivity contribution in [3.05, 3.63) is 29.6 Å². The number of nitrogens with one attached hydrogen (secondary N) is 1. The molecule has 6 nitrogen and oxygen atoms in total. The molecule has 1 aromatic rings.